The lowest BCUT2D eigenvalue weighted by molar-refractivity contribution is 0.239. The molecule has 0 amide bonds. The average molecular weight is 320 g/mol. The topological polar surface area (TPSA) is 64.8 Å². The molecule has 122 valence electrons. The Bertz CT molecular complexity index is 934. The molecule has 1 saturated carbocycles. The van der Waals surface area contributed by atoms with Gasteiger partial charge >= 0.3 is 0 Å². The smallest absolute Gasteiger partial charge is 0.255 e. The maximum absolute atomic E-state index is 12.4. The van der Waals surface area contributed by atoms with Crippen molar-refractivity contribution < 1.29 is 0 Å². The molecule has 5 nitrogen and oxygen atoms in total. The highest BCUT2D eigenvalue weighted by molar-refractivity contribution is 5.80. The Morgan fingerprint density at radius 1 is 1.21 bits per heavy atom. The summed E-state index contributed by atoms with van der Waals surface area (Å²) in [7, 11) is 0. The molecule has 0 bridgehead atoms. The normalized spacial score (nSPS) is 18.0. The van der Waals surface area contributed by atoms with Crippen LogP contribution in [0.4, 0.5) is 0 Å². The zero-order chi connectivity index (χ0) is 16.1. The first-order chi connectivity index (χ1) is 11.8. The number of nitrogens with one attached hydrogen (secondary N) is 2. The van der Waals surface area contributed by atoms with Crippen molar-refractivity contribution in [1.29, 1.82) is 0 Å². The molecule has 2 N–H and O–H groups in total. The van der Waals surface area contributed by atoms with Crippen molar-refractivity contribution in [2.75, 3.05) is 6.54 Å². The van der Waals surface area contributed by atoms with Crippen molar-refractivity contribution in [3.63, 3.8) is 0 Å². The van der Waals surface area contributed by atoms with Gasteiger partial charge in [-0.15, -0.1) is 0 Å². The van der Waals surface area contributed by atoms with E-state index in [0.29, 0.717) is 12.5 Å². The Balaban J connectivity index is 1.39. The number of fused-ring (bicyclic) bond motifs is 2. The minimum absolute atomic E-state index is 0.0586. The van der Waals surface area contributed by atoms with Gasteiger partial charge in [-0.25, -0.2) is 4.98 Å². The number of aromatic nitrogens is 3. The van der Waals surface area contributed by atoms with E-state index in [0.717, 1.165) is 49.4 Å². The predicted molar refractivity (Wildman–Crippen MR) is 92.9 cm³/mol. The first-order valence-electron chi connectivity index (χ1n) is 8.67. The van der Waals surface area contributed by atoms with Gasteiger partial charge < -0.3 is 9.97 Å². The number of nitrogens with zero attached hydrogens (tertiary/aromatic N) is 2. The van der Waals surface area contributed by atoms with E-state index >= 15 is 0 Å². The highest BCUT2D eigenvalue weighted by Gasteiger charge is 2.29. The summed E-state index contributed by atoms with van der Waals surface area (Å²) in [5.41, 5.74) is 4.27. The number of aromatic amines is 2. The molecule has 0 unspecified atom stereocenters. The highest BCUT2D eigenvalue weighted by Crippen LogP contribution is 2.37. The third kappa shape index (κ3) is 2.45. The monoisotopic (exact) mass is 320 g/mol. The summed E-state index contributed by atoms with van der Waals surface area (Å²) < 4.78 is 0. The lowest BCUT2D eigenvalue weighted by Crippen LogP contribution is -2.35. The number of hydrogen-bond donors (Lipinski definition) is 2. The maximum atomic E-state index is 12.4. The van der Waals surface area contributed by atoms with E-state index in [2.05, 4.69) is 39.1 Å². The Kier molecular flexibility index (Phi) is 3.10. The summed E-state index contributed by atoms with van der Waals surface area (Å²) in [5, 5.41) is 1.23. The van der Waals surface area contributed by atoms with Crippen LogP contribution in [0.3, 0.4) is 0 Å². The molecule has 1 aliphatic carbocycles. The quantitative estimate of drug-likeness (QED) is 0.780. The zero-order valence-electron chi connectivity index (χ0n) is 13.5. The fraction of sp³-hybridized carbons (Fsp3) is 0.368. The molecule has 2 aromatic heterocycles. The van der Waals surface area contributed by atoms with Crippen LogP contribution in [0.2, 0.25) is 0 Å². The van der Waals surface area contributed by atoms with Gasteiger partial charge in [0.1, 0.15) is 5.82 Å². The first kappa shape index (κ1) is 14.0. The minimum Gasteiger partial charge on any atom is -0.357 e. The van der Waals surface area contributed by atoms with Crippen LogP contribution in [0.15, 0.2) is 35.1 Å². The van der Waals surface area contributed by atoms with Crippen molar-refractivity contribution in [3.05, 3.63) is 63.5 Å². The first-order valence-corrected chi connectivity index (χ1v) is 8.67. The third-order valence-corrected chi connectivity index (χ3v) is 5.11. The second-order valence-corrected chi connectivity index (χ2v) is 6.99. The van der Waals surface area contributed by atoms with Crippen LogP contribution in [0.1, 0.15) is 41.5 Å². The second kappa shape index (κ2) is 5.31. The largest absolute Gasteiger partial charge is 0.357 e. The van der Waals surface area contributed by atoms with E-state index in [1.54, 1.807) is 0 Å². The van der Waals surface area contributed by atoms with E-state index < -0.39 is 0 Å². The van der Waals surface area contributed by atoms with Gasteiger partial charge in [-0.2, -0.15) is 0 Å². The van der Waals surface area contributed by atoms with Crippen molar-refractivity contribution in [3.8, 4) is 0 Å². The van der Waals surface area contributed by atoms with Gasteiger partial charge in [-0.3, -0.25) is 9.69 Å². The predicted octanol–water partition coefficient (Wildman–Crippen LogP) is 2.69. The average Bonchev–Trinajstić information content (AvgIpc) is 3.35. The van der Waals surface area contributed by atoms with Crippen LogP contribution in [-0.4, -0.2) is 26.4 Å². The van der Waals surface area contributed by atoms with Gasteiger partial charge in [-0.05, 0) is 30.4 Å². The summed E-state index contributed by atoms with van der Waals surface area (Å²) in [6.07, 6.45) is 3.18. The number of rotatable bonds is 3. The van der Waals surface area contributed by atoms with E-state index in [4.69, 9.17) is 4.98 Å². The van der Waals surface area contributed by atoms with Crippen LogP contribution in [-0.2, 0) is 19.5 Å². The minimum atomic E-state index is 0.0586. The summed E-state index contributed by atoms with van der Waals surface area (Å²) in [4.78, 5) is 25.9. The standard InChI is InChI=1S/C19H20N4O/c24-19-15-11-23(8-7-17(15)21-18(22-19)12-5-6-12)10-14-9-13-3-1-2-4-16(13)20-14/h1-4,9,12,20H,5-8,10-11H2,(H,21,22,24). The molecule has 2 aliphatic rings. The SMILES string of the molecule is O=c1[nH]c(C2CC2)nc2c1CN(Cc1cc3ccccc3[nH]1)CC2. The molecule has 1 aromatic carbocycles. The number of hydrogen-bond acceptors (Lipinski definition) is 3. The Labute approximate surface area is 139 Å². The molecular formula is C19H20N4O. The molecule has 0 atom stereocenters. The van der Waals surface area contributed by atoms with Crippen LogP contribution >= 0.6 is 0 Å². The van der Waals surface area contributed by atoms with Gasteiger partial charge in [-0.1, -0.05) is 18.2 Å². The van der Waals surface area contributed by atoms with E-state index in [1.165, 1.54) is 16.6 Å². The van der Waals surface area contributed by atoms with Crippen molar-refractivity contribution >= 4 is 10.9 Å². The molecular weight excluding hydrogens is 300 g/mol. The lowest BCUT2D eigenvalue weighted by Gasteiger charge is -2.27. The molecule has 1 fully saturated rings. The molecule has 5 rings (SSSR count). The van der Waals surface area contributed by atoms with Crippen LogP contribution < -0.4 is 5.56 Å². The summed E-state index contributed by atoms with van der Waals surface area (Å²) in [6, 6.07) is 10.5. The molecule has 0 spiro atoms. The molecule has 0 saturated heterocycles. The zero-order valence-corrected chi connectivity index (χ0v) is 13.5. The molecule has 3 aromatic rings. The fourth-order valence-electron chi connectivity index (χ4n) is 3.64. The van der Waals surface area contributed by atoms with Gasteiger partial charge in [0, 0.05) is 43.2 Å². The maximum Gasteiger partial charge on any atom is 0.255 e. The molecule has 3 heterocycles. The second-order valence-electron chi connectivity index (χ2n) is 6.99. The van der Waals surface area contributed by atoms with Crippen LogP contribution in [0.5, 0.6) is 0 Å². The Morgan fingerprint density at radius 3 is 2.92 bits per heavy atom. The Hall–Kier alpha value is -2.40. The lowest BCUT2D eigenvalue weighted by atomic mass is 10.1. The van der Waals surface area contributed by atoms with Crippen molar-refractivity contribution in [2.24, 2.45) is 0 Å². The van der Waals surface area contributed by atoms with Crippen molar-refractivity contribution in [2.45, 2.75) is 38.3 Å². The van der Waals surface area contributed by atoms with Gasteiger partial charge in [0.2, 0.25) is 0 Å². The number of H-pyrrole nitrogens is 2. The van der Waals surface area contributed by atoms with Gasteiger partial charge in [0.25, 0.3) is 5.56 Å². The van der Waals surface area contributed by atoms with Crippen LogP contribution in [0.25, 0.3) is 10.9 Å². The molecule has 1 aliphatic heterocycles. The van der Waals surface area contributed by atoms with Crippen molar-refractivity contribution in [1.82, 2.24) is 19.9 Å². The Morgan fingerprint density at radius 2 is 2.08 bits per heavy atom. The molecule has 5 heteroatoms. The van der Waals surface area contributed by atoms with E-state index in [9.17, 15) is 4.79 Å². The van der Waals surface area contributed by atoms with E-state index in [-0.39, 0.29) is 5.56 Å². The number of para-hydroxylation sites is 1. The summed E-state index contributed by atoms with van der Waals surface area (Å²) >= 11 is 0. The number of benzene rings is 1. The van der Waals surface area contributed by atoms with Gasteiger partial charge in [0.15, 0.2) is 0 Å². The van der Waals surface area contributed by atoms with Gasteiger partial charge in [0.05, 0.1) is 11.3 Å². The summed E-state index contributed by atoms with van der Waals surface area (Å²) in [6.45, 7) is 2.46. The fourth-order valence-corrected chi connectivity index (χ4v) is 3.64. The van der Waals surface area contributed by atoms with E-state index in [1.807, 2.05) is 6.07 Å². The molecule has 0 radical (unpaired) electrons. The molecule has 24 heavy (non-hydrogen) atoms. The van der Waals surface area contributed by atoms with Crippen LogP contribution in [0, 0.1) is 0 Å². The third-order valence-electron chi connectivity index (χ3n) is 5.11. The highest BCUT2D eigenvalue weighted by atomic mass is 16.1. The summed E-state index contributed by atoms with van der Waals surface area (Å²) in [5.74, 6) is 1.40.